The largest absolute Gasteiger partial charge is 0.344 e. The number of hydrogen-bond donors (Lipinski definition) is 2. The number of rotatable bonds is 8. The first-order valence-electron chi connectivity index (χ1n) is 11.3. The number of fused-ring (bicyclic) bond motifs is 1. The molecule has 3 atom stereocenters. The molecule has 3 rings (SSSR count). The summed E-state index contributed by atoms with van der Waals surface area (Å²) in [6.07, 6.45) is -1.21. The highest BCUT2D eigenvalue weighted by Gasteiger charge is 2.34. The van der Waals surface area contributed by atoms with Crippen molar-refractivity contribution in [2.45, 2.75) is 33.0 Å². The van der Waals surface area contributed by atoms with Crippen molar-refractivity contribution in [2.24, 2.45) is 16.8 Å². The van der Waals surface area contributed by atoms with E-state index in [9.17, 15) is 19.2 Å². The lowest BCUT2D eigenvalue weighted by Gasteiger charge is -2.23. The van der Waals surface area contributed by atoms with Crippen molar-refractivity contribution in [1.29, 1.82) is 0 Å². The van der Waals surface area contributed by atoms with Gasteiger partial charge in [-0.1, -0.05) is 74.6 Å². The highest BCUT2D eigenvalue weighted by molar-refractivity contribution is 7.80. The van der Waals surface area contributed by atoms with Crippen LogP contribution in [0.25, 0.3) is 0 Å². The van der Waals surface area contributed by atoms with E-state index in [1.165, 1.54) is 11.8 Å². The second-order valence-corrected chi connectivity index (χ2v) is 8.88. The summed E-state index contributed by atoms with van der Waals surface area (Å²) < 4.78 is 0. The fourth-order valence-electron chi connectivity index (χ4n) is 3.90. The van der Waals surface area contributed by atoms with Crippen molar-refractivity contribution in [3.05, 3.63) is 65.7 Å². The summed E-state index contributed by atoms with van der Waals surface area (Å²) in [5, 5.41) is 6.14. The van der Waals surface area contributed by atoms with Gasteiger partial charge in [0.1, 0.15) is 12.0 Å². The van der Waals surface area contributed by atoms with Crippen LogP contribution in [0.4, 0.5) is 5.69 Å². The number of carbonyl (C=O) groups is 4. The third-order valence-corrected chi connectivity index (χ3v) is 6.03. The molecule has 0 radical (unpaired) electrons. The Kier molecular flexibility index (Phi) is 8.24. The number of hydrogen-bond acceptors (Lipinski definition) is 6. The molecule has 1 heterocycles. The van der Waals surface area contributed by atoms with Gasteiger partial charge in [0, 0.05) is 23.5 Å². The van der Waals surface area contributed by atoms with Crippen LogP contribution < -0.4 is 15.5 Å². The van der Waals surface area contributed by atoms with Crippen LogP contribution in [0.2, 0.25) is 0 Å². The number of nitrogens with one attached hydrogen (secondary N) is 2. The van der Waals surface area contributed by atoms with Crippen LogP contribution in [0.15, 0.2) is 59.6 Å². The fraction of sp³-hybridized carbons (Fsp3) is 0.308. The molecule has 0 bridgehead atoms. The smallest absolute Gasteiger partial charge is 0.272 e. The fourth-order valence-corrected chi connectivity index (χ4v) is 4.05. The maximum absolute atomic E-state index is 13.2. The zero-order chi connectivity index (χ0) is 25.7. The van der Waals surface area contributed by atoms with E-state index in [2.05, 4.69) is 15.6 Å². The Bertz CT molecular complexity index is 1180. The third kappa shape index (κ3) is 5.68. The van der Waals surface area contributed by atoms with Crippen molar-refractivity contribution < 1.29 is 19.2 Å². The third-order valence-electron chi connectivity index (χ3n) is 5.79. The van der Waals surface area contributed by atoms with Crippen LogP contribution in [0.1, 0.15) is 31.9 Å². The molecule has 2 N–H and O–H groups in total. The van der Waals surface area contributed by atoms with E-state index in [1.54, 1.807) is 20.9 Å². The molecule has 182 valence electrons. The van der Waals surface area contributed by atoms with Gasteiger partial charge in [-0.2, -0.15) is 0 Å². The van der Waals surface area contributed by atoms with Crippen LogP contribution in [0, 0.1) is 11.8 Å². The number of carbonyl (C=O) groups excluding carboxylic acids is 4. The number of amides is 3. The minimum atomic E-state index is -1.21. The second-order valence-electron chi connectivity index (χ2n) is 8.64. The summed E-state index contributed by atoms with van der Waals surface area (Å²) in [7, 11) is 1.62. The quantitative estimate of drug-likeness (QED) is 0.434. The molecule has 8 nitrogen and oxygen atoms in total. The highest BCUT2D eigenvalue weighted by atomic mass is 32.1. The van der Waals surface area contributed by atoms with Crippen LogP contribution in [-0.2, 0) is 19.2 Å². The van der Waals surface area contributed by atoms with E-state index in [-0.39, 0.29) is 5.92 Å². The van der Waals surface area contributed by atoms with Crippen LogP contribution in [0.5, 0.6) is 0 Å². The molecular formula is C26H28N4O4S. The standard InChI is InChI=1S/C26H28N4O4S/c1-15(2)21(20(31)14-35)25(33)27-16(3)24(32)29-23-26(34)30(4)19-13-9-8-12-18(19)22(28-23)17-10-6-5-7-11-17/h5-16,21,23H,1-4H3,(H,27,33)(H,29,32)/t16-,21?,23?/m0/s1. The first-order valence-corrected chi connectivity index (χ1v) is 11.7. The number of ketones is 1. The number of para-hydroxylation sites is 1. The Labute approximate surface area is 209 Å². The Balaban J connectivity index is 1.88. The van der Waals surface area contributed by atoms with E-state index in [0.717, 1.165) is 16.5 Å². The summed E-state index contributed by atoms with van der Waals surface area (Å²) in [5.74, 6) is -3.42. The van der Waals surface area contributed by atoms with Gasteiger partial charge in [-0.25, -0.2) is 4.99 Å². The van der Waals surface area contributed by atoms with Gasteiger partial charge in [0.05, 0.1) is 11.4 Å². The molecule has 1 aliphatic rings. The predicted octanol–water partition coefficient (Wildman–Crippen LogP) is 2.29. The summed E-state index contributed by atoms with van der Waals surface area (Å²) in [6, 6.07) is 15.7. The van der Waals surface area contributed by atoms with Crippen LogP contribution >= 0.6 is 12.2 Å². The number of likely N-dealkylation sites (N-methyl/N-ethyl adjacent to an activating group) is 1. The maximum Gasteiger partial charge on any atom is 0.272 e. The topological polar surface area (TPSA) is 108 Å². The highest BCUT2D eigenvalue weighted by Crippen LogP contribution is 2.27. The molecule has 3 amide bonds. The number of anilines is 1. The maximum atomic E-state index is 13.2. The summed E-state index contributed by atoms with van der Waals surface area (Å²) in [6.45, 7) is 4.93. The average molecular weight is 493 g/mol. The van der Waals surface area contributed by atoms with Crippen molar-refractivity contribution >= 4 is 52.5 Å². The van der Waals surface area contributed by atoms with Gasteiger partial charge >= 0.3 is 0 Å². The SMILES string of the molecule is CC(C)C(C(=O)C=S)C(=O)N[C@@H](C)C(=O)NC1N=C(c2ccccc2)c2ccccc2N(C)C1=O. The predicted molar refractivity (Wildman–Crippen MR) is 138 cm³/mol. The molecule has 0 saturated heterocycles. The van der Waals surface area contributed by atoms with Crippen LogP contribution in [-0.4, -0.2) is 53.8 Å². The second kappa shape index (κ2) is 11.1. The first-order chi connectivity index (χ1) is 16.6. The molecular weight excluding hydrogens is 464 g/mol. The molecule has 2 unspecified atom stereocenters. The Hall–Kier alpha value is -3.72. The lowest BCUT2D eigenvalue weighted by Crippen LogP contribution is -2.53. The number of aliphatic imine (C=N–C) groups is 1. The van der Waals surface area contributed by atoms with Crippen molar-refractivity contribution in [3.8, 4) is 0 Å². The number of benzodiazepines with no additional fused rings is 1. The van der Waals surface area contributed by atoms with Gasteiger partial charge in [0.15, 0.2) is 5.78 Å². The monoisotopic (exact) mass is 492 g/mol. The van der Waals surface area contributed by atoms with Crippen molar-refractivity contribution in [2.75, 3.05) is 11.9 Å². The zero-order valence-electron chi connectivity index (χ0n) is 20.0. The molecule has 0 spiro atoms. The van der Waals surface area contributed by atoms with Crippen molar-refractivity contribution in [1.82, 2.24) is 10.6 Å². The summed E-state index contributed by atoms with van der Waals surface area (Å²) >= 11 is 4.69. The van der Waals surface area contributed by atoms with E-state index < -0.39 is 41.6 Å². The van der Waals surface area contributed by atoms with Gasteiger partial charge in [-0.3, -0.25) is 19.2 Å². The van der Waals surface area contributed by atoms with Gasteiger partial charge in [-0.05, 0) is 18.9 Å². The van der Waals surface area contributed by atoms with Gasteiger partial charge < -0.3 is 15.5 Å². The lowest BCUT2D eigenvalue weighted by atomic mass is 9.91. The van der Waals surface area contributed by atoms with Gasteiger partial charge in [0.2, 0.25) is 18.0 Å². The van der Waals surface area contributed by atoms with Gasteiger partial charge in [0.25, 0.3) is 5.91 Å². The normalized spacial score (nSPS) is 16.9. The molecule has 0 saturated carbocycles. The molecule has 2 aromatic rings. The lowest BCUT2D eigenvalue weighted by molar-refractivity contribution is -0.136. The molecule has 1 aliphatic heterocycles. The zero-order valence-corrected chi connectivity index (χ0v) is 20.8. The minimum absolute atomic E-state index is 0.300. The molecule has 35 heavy (non-hydrogen) atoms. The summed E-state index contributed by atoms with van der Waals surface area (Å²) in [5.41, 5.74) is 2.78. The molecule has 2 aromatic carbocycles. The van der Waals surface area contributed by atoms with Crippen molar-refractivity contribution in [3.63, 3.8) is 0 Å². The molecule has 0 aliphatic carbocycles. The summed E-state index contributed by atoms with van der Waals surface area (Å²) in [4.78, 5) is 57.1. The number of benzene rings is 2. The molecule has 0 fully saturated rings. The van der Waals surface area contributed by atoms with E-state index in [4.69, 9.17) is 12.2 Å². The Morgan fingerprint density at radius 2 is 1.63 bits per heavy atom. The van der Waals surface area contributed by atoms with E-state index >= 15 is 0 Å². The Morgan fingerprint density at radius 1 is 1.00 bits per heavy atom. The molecule has 9 heteroatoms. The number of nitrogens with zero attached hydrogens (tertiary/aromatic N) is 2. The average Bonchev–Trinajstić information content (AvgIpc) is 2.95. The van der Waals surface area contributed by atoms with E-state index in [1.807, 2.05) is 54.6 Å². The first kappa shape index (κ1) is 25.9. The molecule has 0 aromatic heterocycles. The van der Waals surface area contributed by atoms with Crippen LogP contribution in [0.3, 0.4) is 0 Å². The minimum Gasteiger partial charge on any atom is -0.344 e. The van der Waals surface area contributed by atoms with E-state index in [0.29, 0.717) is 11.4 Å². The number of Topliss-reactive ketones (excluding diaryl/α,β-unsaturated/α-hetero) is 1. The van der Waals surface area contributed by atoms with Gasteiger partial charge in [-0.15, -0.1) is 0 Å². The number of thiocarbonyl (C=S) groups is 1. The Morgan fingerprint density at radius 3 is 2.26 bits per heavy atom.